The molecule has 0 unspecified atom stereocenters. The van der Waals surface area contributed by atoms with Gasteiger partial charge in [0.2, 0.25) is 5.95 Å². The molecule has 0 aliphatic heterocycles. The summed E-state index contributed by atoms with van der Waals surface area (Å²) in [4.78, 5) is 11.3. The van der Waals surface area contributed by atoms with Crippen LogP contribution in [0.5, 0.6) is 0 Å². The smallest absolute Gasteiger partial charge is 0.229 e. The molecule has 1 aromatic heterocycles. The average Bonchev–Trinajstić information content (AvgIpc) is 2.51. The molecule has 0 aliphatic carbocycles. The fourth-order valence-corrected chi connectivity index (χ4v) is 2.46. The number of aromatic nitrogens is 2. The first-order valence-corrected chi connectivity index (χ1v) is 7.33. The lowest BCUT2D eigenvalue weighted by molar-refractivity contribution is 1.06. The van der Waals surface area contributed by atoms with Gasteiger partial charge in [0.15, 0.2) is 0 Å². The minimum absolute atomic E-state index is 0.621. The van der Waals surface area contributed by atoms with Crippen LogP contribution in [-0.2, 0) is 0 Å². The SMILES string of the molecule is Cc1cccc(Nc2nc(N(C)C)c3ccccc3n2)c1C. The molecular formula is C18H20N4. The lowest BCUT2D eigenvalue weighted by Gasteiger charge is -2.16. The Bertz CT molecular complexity index is 824. The molecule has 1 heterocycles. The van der Waals surface area contributed by atoms with Crippen LogP contribution in [0.4, 0.5) is 17.5 Å². The molecule has 3 aromatic rings. The summed E-state index contributed by atoms with van der Waals surface area (Å²) >= 11 is 0. The van der Waals surface area contributed by atoms with Gasteiger partial charge < -0.3 is 10.2 Å². The lowest BCUT2D eigenvalue weighted by Crippen LogP contribution is -2.13. The third kappa shape index (κ3) is 2.60. The molecule has 0 saturated carbocycles. The van der Waals surface area contributed by atoms with Crippen molar-refractivity contribution in [1.29, 1.82) is 0 Å². The van der Waals surface area contributed by atoms with Crippen LogP contribution in [0.2, 0.25) is 0 Å². The van der Waals surface area contributed by atoms with E-state index in [1.807, 2.05) is 49.3 Å². The van der Waals surface area contributed by atoms with Crippen molar-refractivity contribution in [3.8, 4) is 0 Å². The summed E-state index contributed by atoms with van der Waals surface area (Å²) in [7, 11) is 3.99. The molecule has 0 amide bonds. The van der Waals surface area contributed by atoms with Gasteiger partial charge in [-0.15, -0.1) is 0 Å². The van der Waals surface area contributed by atoms with E-state index >= 15 is 0 Å². The van der Waals surface area contributed by atoms with Crippen molar-refractivity contribution in [2.45, 2.75) is 13.8 Å². The van der Waals surface area contributed by atoms with Gasteiger partial charge in [0.25, 0.3) is 0 Å². The number of fused-ring (bicyclic) bond motifs is 1. The van der Waals surface area contributed by atoms with Gasteiger partial charge in [-0.2, -0.15) is 4.98 Å². The monoisotopic (exact) mass is 292 g/mol. The van der Waals surface area contributed by atoms with E-state index in [4.69, 9.17) is 0 Å². The summed E-state index contributed by atoms with van der Waals surface area (Å²) < 4.78 is 0. The third-order valence-corrected chi connectivity index (χ3v) is 3.86. The van der Waals surface area contributed by atoms with E-state index in [0.29, 0.717) is 5.95 Å². The molecule has 112 valence electrons. The number of aryl methyl sites for hydroxylation is 1. The van der Waals surface area contributed by atoms with Crippen molar-refractivity contribution in [3.05, 3.63) is 53.6 Å². The number of para-hydroxylation sites is 1. The number of anilines is 3. The van der Waals surface area contributed by atoms with Crippen LogP contribution in [0.25, 0.3) is 10.9 Å². The normalized spacial score (nSPS) is 10.7. The van der Waals surface area contributed by atoms with Gasteiger partial charge in [-0.05, 0) is 43.2 Å². The second-order valence-corrected chi connectivity index (χ2v) is 5.65. The van der Waals surface area contributed by atoms with Crippen LogP contribution in [0.15, 0.2) is 42.5 Å². The van der Waals surface area contributed by atoms with Crippen LogP contribution in [0, 0.1) is 13.8 Å². The maximum atomic E-state index is 4.67. The molecule has 0 aliphatic rings. The summed E-state index contributed by atoms with van der Waals surface area (Å²) in [6.07, 6.45) is 0. The predicted octanol–water partition coefficient (Wildman–Crippen LogP) is 4.06. The zero-order valence-corrected chi connectivity index (χ0v) is 13.4. The third-order valence-electron chi connectivity index (χ3n) is 3.86. The molecule has 22 heavy (non-hydrogen) atoms. The fraction of sp³-hybridized carbons (Fsp3) is 0.222. The summed E-state index contributed by atoms with van der Waals surface area (Å²) in [5, 5.41) is 4.41. The molecule has 0 radical (unpaired) electrons. The van der Waals surface area contributed by atoms with E-state index in [0.717, 1.165) is 22.4 Å². The van der Waals surface area contributed by atoms with Gasteiger partial charge >= 0.3 is 0 Å². The van der Waals surface area contributed by atoms with Crippen LogP contribution in [0.1, 0.15) is 11.1 Å². The molecular weight excluding hydrogens is 272 g/mol. The summed E-state index contributed by atoms with van der Waals surface area (Å²) in [5.74, 6) is 1.54. The molecule has 2 aromatic carbocycles. The average molecular weight is 292 g/mol. The lowest BCUT2D eigenvalue weighted by atomic mass is 10.1. The predicted molar refractivity (Wildman–Crippen MR) is 93.1 cm³/mol. The first-order chi connectivity index (χ1) is 10.6. The molecule has 0 fully saturated rings. The van der Waals surface area contributed by atoms with Crippen LogP contribution in [-0.4, -0.2) is 24.1 Å². The first-order valence-electron chi connectivity index (χ1n) is 7.33. The van der Waals surface area contributed by atoms with Crippen LogP contribution >= 0.6 is 0 Å². The Morgan fingerprint density at radius 1 is 0.909 bits per heavy atom. The second-order valence-electron chi connectivity index (χ2n) is 5.65. The summed E-state index contributed by atoms with van der Waals surface area (Å²) in [5.41, 5.74) is 4.44. The van der Waals surface area contributed by atoms with Crippen molar-refractivity contribution >= 4 is 28.4 Å². The van der Waals surface area contributed by atoms with Gasteiger partial charge in [-0.3, -0.25) is 0 Å². The Balaban J connectivity index is 2.09. The highest BCUT2D eigenvalue weighted by molar-refractivity contribution is 5.90. The topological polar surface area (TPSA) is 41.1 Å². The fourth-order valence-electron chi connectivity index (χ4n) is 2.46. The molecule has 0 bridgehead atoms. The van der Waals surface area contributed by atoms with Crippen molar-refractivity contribution in [3.63, 3.8) is 0 Å². The number of hydrogen-bond acceptors (Lipinski definition) is 4. The van der Waals surface area contributed by atoms with Crippen molar-refractivity contribution < 1.29 is 0 Å². The Morgan fingerprint density at radius 2 is 1.68 bits per heavy atom. The molecule has 3 rings (SSSR count). The summed E-state index contributed by atoms with van der Waals surface area (Å²) in [6, 6.07) is 14.3. The van der Waals surface area contributed by atoms with E-state index in [2.05, 4.69) is 41.3 Å². The molecule has 0 spiro atoms. The zero-order valence-electron chi connectivity index (χ0n) is 13.4. The molecule has 0 saturated heterocycles. The molecule has 1 N–H and O–H groups in total. The van der Waals surface area contributed by atoms with Crippen molar-refractivity contribution in [2.24, 2.45) is 0 Å². The van der Waals surface area contributed by atoms with E-state index in [-0.39, 0.29) is 0 Å². The van der Waals surface area contributed by atoms with Gasteiger partial charge in [-0.1, -0.05) is 24.3 Å². The summed E-state index contributed by atoms with van der Waals surface area (Å²) in [6.45, 7) is 4.21. The van der Waals surface area contributed by atoms with Crippen molar-refractivity contribution in [1.82, 2.24) is 9.97 Å². The number of rotatable bonds is 3. The maximum Gasteiger partial charge on any atom is 0.229 e. The second kappa shape index (κ2) is 5.64. The molecule has 0 atom stereocenters. The quantitative estimate of drug-likeness (QED) is 0.790. The Hall–Kier alpha value is -2.62. The Kier molecular flexibility index (Phi) is 3.67. The minimum atomic E-state index is 0.621. The first kappa shape index (κ1) is 14.3. The van der Waals surface area contributed by atoms with E-state index < -0.39 is 0 Å². The van der Waals surface area contributed by atoms with Crippen LogP contribution in [0.3, 0.4) is 0 Å². The number of nitrogens with one attached hydrogen (secondary N) is 1. The van der Waals surface area contributed by atoms with Gasteiger partial charge in [0.1, 0.15) is 5.82 Å². The van der Waals surface area contributed by atoms with E-state index in [1.54, 1.807) is 0 Å². The highest BCUT2D eigenvalue weighted by Crippen LogP contribution is 2.26. The largest absolute Gasteiger partial charge is 0.362 e. The minimum Gasteiger partial charge on any atom is -0.362 e. The Labute approximate surface area is 130 Å². The van der Waals surface area contributed by atoms with Crippen molar-refractivity contribution in [2.75, 3.05) is 24.3 Å². The van der Waals surface area contributed by atoms with Gasteiger partial charge in [0.05, 0.1) is 5.52 Å². The van der Waals surface area contributed by atoms with E-state index in [1.165, 1.54) is 11.1 Å². The van der Waals surface area contributed by atoms with Gasteiger partial charge in [-0.25, -0.2) is 4.98 Å². The number of benzene rings is 2. The number of hydrogen-bond donors (Lipinski definition) is 1. The molecule has 4 nitrogen and oxygen atoms in total. The van der Waals surface area contributed by atoms with E-state index in [9.17, 15) is 0 Å². The zero-order chi connectivity index (χ0) is 15.7. The van der Waals surface area contributed by atoms with Gasteiger partial charge in [0, 0.05) is 25.2 Å². The Morgan fingerprint density at radius 3 is 2.45 bits per heavy atom. The highest BCUT2D eigenvalue weighted by Gasteiger charge is 2.10. The number of nitrogens with zero attached hydrogens (tertiary/aromatic N) is 3. The standard InChI is InChI=1S/C18H20N4/c1-12-8-7-11-15(13(12)2)19-18-20-16-10-6-5-9-14(16)17(21-18)22(3)4/h5-11H,1-4H3,(H,19,20,21). The van der Waals surface area contributed by atoms with Crippen LogP contribution < -0.4 is 10.2 Å². The highest BCUT2D eigenvalue weighted by atomic mass is 15.2. The molecule has 4 heteroatoms. The maximum absolute atomic E-state index is 4.67.